The maximum Gasteiger partial charge on any atom is 0.329 e. The quantitative estimate of drug-likeness (QED) is 0.927. The van der Waals surface area contributed by atoms with Crippen molar-refractivity contribution in [2.45, 2.75) is 51.0 Å². The minimum atomic E-state index is -1.02. The number of carbonyl (C=O) groups is 2. The molecule has 2 rings (SSSR count). The molecule has 0 unspecified atom stereocenters. The molecule has 1 aliphatic carbocycles. The van der Waals surface area contributed by atoms with Crippen LogP contribution >= 0.6 is 0 Å². The topological polar surface area (TPSA) is 57.6 Å². The number of carbonyl (C=O) groups excluding carboxylic acids is 1. The van der Waals surface area contributed by atoms with Gasteiger partial charge >= 0.3 is 5.97 Å². The van der Waals surface area contributed by atoms with E-state index in [4.69, 9.17) is 0 Å². The second-order valence-corrected chi connectivity index (χ2v) is 5.95. The Labute approximate surface area is 125 Å². The minimum Gasteiger partial charge on any atom is -0.479 e. The van der Waals surface area contributed by atoms with Crippen molar-refractivity contribution in [2.24, 2.45) is 0 Å². The molecular weight excluding hydrogens is 266 g/mol. The van der Waals surface area contributed by atoms with E-state index in [2.05, 4.69) is 0 Å². The maximum absolute atomic E-state index is 12.5. The van der Waals surface area contributed by atoms with Crippen molar-refractivity contribution in [3.05, 3.63) is 35.4 Å². The standard InChI is InChI=1S/C17H23NO3/c1-13-8-4-5-9-14(13)12-15(19)18(2)17(16(20)21)10-6-3-7-11-17/h4-5,8-9H,3,6-7,10-12H2,1-2H3,(H,20,21). The van der Waals surface area contributed by atoms with E-state index in [1.165, 1.54) is 4.90 Å². The predicted octanol–water partition coefficient (Wildman–Crippen LogP) is 2.78. The molecule has 1 amide bonds. The van der Waals surface area contributed by atoms with E-state index in [1.807, 2.05) is 31.2 Å². The van der Waals surface area contributed by atoms with Crippen LogP contribution in [0, 0.1) is 6.92 Å². The first-order chi connectivity index (χ1) is 9.97. The number of benzene rings is 1. The van der Waals surface area contributed by atoms with Gasteiger partial charge in [-0.15, -0.1) is 0 Å². The summed E-state index contributed by atoms with van der Waals surface area (Å²) in [7, 11) is 1.64. The lowest BCUT2D eigenvalue weighted by Gasteiger charge is -2.41. The number of rotatable bonds is 4. The van der Waals surface area contributed by atoms with Gasteiger partial charge in [0.2, 0.25) is 5.91 Å². The van der Waals surface area contributed by atoms with Crippen molar-refractivity contribution in [3.8, 4) is 0 Å². The molecule has 1 saturated carbocycles. The highest BCUT2D eigenvalue weighted by Gasteiger charge is 2.45. The number of hydrogen-bond acceptors (Lipinski definition) is 2. The summed E-state index contributed by atoms with van der Waals surface area (Å²) in [5.74, 6) is -0.989. The van der Waals surface area contributed by atoms with E-state index >= 15 is 0 Å². The van der Waals surface area contributed by atoms with Crippen LogP contribution in [-0.2, 0) is 16.0 Å². The van der Waals surface area contributed by atoms with Gasteiger partial charge in [-0.05, 0) is 30.9 Å². The average molecular weight is 289 g/mol. The van der Waals surface area contributed by atoms with E-state index < -0.39 is 11.5 Å². The molecule has 1 N–H and O–H groups in total. The number of nitrogens with zero attached hydrogens (tertiary/aromatic N) is 1. The minimum absolute atomic E-state index is 0.117. The summed E-state index contributed by atoms with van der Waals surface area (Å²) in [5, 5.41) is 9.63. The number of likely N-dealkylation sites (N-methyl/N-ethyl adjacent to an activating group) is 1. The summed E-state index contributed by atoms with van der Waals surface area (Å²) in [5.41, 5.74) is 1.01. The number of amides is 1. The molecule has 0 heterocycles. The average Bonchev–Trinajstić information content (AvgIpc) is 2.49. The molecule has 1 fully saturated rings. The monoisotopic (exact) mass is 289 g/mol. The number of aliphatic carboxylic acids is 1. The molecule has 0 saturated heterocycles. The number of aryl methyl sites for hydroxylation is 1. The largest absolute Gasteiger partial charge is 0.479 e. The van der Waals surface area contributed by atoms with Crippen LogP contribution in [0.15, 0.2) is 24.3 Å². The molecule has 4 nitrogen and oxygen atoms in total. The Kier molecular flexibility index (Phi) is 4.66. The van der Waals surface area contributed by atoms with Crippen LogP contribution in [0.2, 0.25) is 0 Å². The Balaban J connectivity index is 2.17. The number of carboxylic acid groups (broad SMARTS) is 1. The van der Waals surface area contributed by atoms with Crippen LogP contribution in [0.3, 0.4) is 0 Å². The molecule has 0 aromatic heterocycles. The van der Waals surface area contributed by atoms with Crippen LogP contribution in [0.1, 0.15) is 43.2 Å². The van der Waals surface area contributed by atoms with Crippen LogP contribution in [0.5, 0.6) is 0 Å². The van der Waals surface area contributed by atoms with Crippen LogP contribution < -0.4 is 0 Å². The summed E-state index contributed by atoms with van der Waals surface area (Å²) in [6, 6.07) is 7.74. The lowest BCUT2D eigenvalue weighted by molar-refractivity contribution is -0.160. The molecule has 21 heavy (non-hydrogen) atoms. The molecule has 0 aliphatic heterocycles. The van der Waals surface area contributed by atoms with Gasteiger partial charge in [0.1, 0.15) is 5.54 Å². The molecule has 0 radical (unpaired) electrons. The van der Waals surface area contributed by atoms with Gasteiger partial charge in [-0.25, -0.2) is 4.79 Å². The first kappa shape index (κ1) is 15.5. The zero-order valence-corrected chi connectivity index (χ0v) is 12.8. The first-order valence-corrected chi connectivity index (χ1v) is 7.52. The van der Waals surface area contributed by atoms with Crippen molar-refractivity contribution in [1.82, 2.24) is 4.90 Å². The third-order valence-corrected chi connectivity index (χ3v) is 4.70. The fraction of sp³-hybridized carbons (Fsp3) is 0.529. The van der Waals surface area contributed by atoms with Gasteiger partial charge in [0.15, 0.2) is 0 Å². The predicted molar refractivity (Wildman–Crippen MR) is 81.1 cm³/mol. The lowest BCUT2D eigenvalue weighted by atomic mass is 9.80. The Morgan fingerprint density at radius 3 is 2.38 bits per heavy atom. The van der Waals surface area contributed by atoms with Crippen LogP contribution in [0.4, 0.5) is 0 Å². The molecule has 0 spiro atoms. The molecule has 114 valence electrons. The smallest absolute Gasteiger partial charge is 0.329 e. The van der Waals surface area contributed by atoms with Crippen molar-refractivity contribution < 1.29 is 14.7 Å². The van der Waals surface area contributed by atoms with Gasteiger partial charge in [0, 0.05) is 7.05 Å². The molecular formula is C17H23NO3. The molecule has 0 bridgehead atoms. The maximum atomic E-state index is 12.5. The first-order valence-electron chi connectivity index (χ1n) is 7.52. The Morgan fingerprint density at radius 2 is 1.81 bits per heavy atom. The molecule has 1 aromatic carbocycles. The van der Waals surface area contributed by atoms with Gasteiger partial charge in [-0.1, -0.05) is 43.5 Å². The number of carboxylic acids is 1. The summed E-state index contributed by atoms with van der Waals surface area (Å²) in [4.78, 5) is 25.8. The Morgan fingerprint density at radius 1 is 1.19 bits per heavy atom. The summed E-state index contributed by atoms with van der Waals surface area (Å²) in [6.45, 7) is 1.97. The summed E-state index contributed by atoms with van der Waals surface area (Å²) < 4.78 is 0. The van der Waals surface area contributed by atoms with Crippen molar-refractivity contribution >= 4 is 11.9 Å². The Hall–Kier alpha value is -1.84. The molecule has 4 heteroatoms. The molecule has 1 aromatic rings. The van der Waals surface area contributed by atoms with E-state index in [1.54, 1.807) is 7.05 Å². The van der Waals surface area contributed by atoms with E-state index in [0.29, 0.717) is 12.8 Å². The highest BCUT2D eigenvalue weighted by Crippen LogP contribution is 2.33. The zero-order valence-electron chi connectivity index (χ0n) is 12.8. The highest BCUT2D eigenvalue weighted by atomic mass is 16.4. The van der Waals surface area contributed by atoms with Gasteiger partial charge in [0.25, 0.3) is 0 Å². The van der Waals surface area contributed by atoms with Crippen molar-refractivity contribution in [2.75, 3.05) is 7.05 Å². The third-order valence-electron chi connectivity index (χ3n) is 4.70. The van der Waals surface area contributed by atoms with E-state index in [9.17, 15) is 14.7 Å². The fourth-order valence-electron chi connectivity index (χ4n) is 3.16. The SMILES string of the molecule is Cc1ccccc1CC(=O)N(C)C1(C(=O)O)CCCCC1. The second-order valence-electron chi connectivity index (χ2n) is 5.95. The summed E-state index contributed by atoms with van der Waals surface area (Å²) in [6.07, 6.45) is 4.16. The summed E-state index contributed by atoms with van der Waals surface area (Å²) >= 11 is 0. The third kappa shape index (κ3) is 3.09. The van der Waals surface area contributed by atoms with Crippen LogP contribution in [-0.4, -0.2) is 34.5 Å². The van der Waals surface area contributed by atoms with Crippen molar-refractivity contribution in [3.63, 3.8) is 0 Å². The van der Waals surface area contributed by atoms with Crippen molar-refractivity contribution in [1.29, 1.82) is 0 Å². The van der Waals surface area contributed by atoms with Crippen LogP contribution in [0.25, 0.3) is 0 Å². The van der Waals surface area contributed by atoms with E-state index in [0.717, 1.165) is 30.4 Å². The fourth-order valence-corrected chi connectivity index (χ4v) is 3.16. The molecule has 1 aliphatic rings. The van der Waals surface area contributed by atoms with E-state index in [-0.39, 0.29) is 12.3 Å². The number of hydrogen-bond donors (Lipinski definition) is 1. The highest BCUT2D eigenvalue weighted by molar-refractivity contribution is 5.88. The lowest BCUT2D eigenvalue weighted by Crippen LogP contribution is -2.56. The molecule has 0 atom stereocenters. The van der Waals surface area contributed by atoms with Gasteiger partial charge < -0.3 is 10.0 Å². The van der Waals surface area contributed by atoms with Gasteiger partial charge in [-0.3, -0.25) is 4.79 Å². The Bertz CT molecular complexity index is 533. The normalized spacial score (nSPS) is 17.2. The van der Waals surface area contributed by atoms with Gasteiger partial charge in [0.05, 0.1) is 6.42 Å². The van der Waals surface area contributed by atoms with Gasteiger partial charge in [-0.2, -0.15) is 0 Å². The zero-order chi connectivity index (χ0) is 15.5. The second kappa shape index (κ2) is 6.29.